The maximum atomic E-state index is 13.4. The van der Waals surface area contributed by atoms with Crippen molar-refractivity contribution in [2.75, 3.05) is 0 Å². The molecule has 0 spiro atoms. The molecule has 1 heterocycles. The Morgan fingerprint density at radius 1 is 0.900 bits per heavy atom. The molecule has 1 aliphatic heterocycles. The zero-order chi connectivity index (χ0) is 21.5. The molecule has 0 aliphatic carbocycles. The van der Waals surface area contributed by atoms with Crippen molar-refractivity contribution in [3.05, 3.63) is 99.5 Å². The van der Waals surface area contributed by atoms with E-state index in [9.17, 15) is 13.2 Å². The monoisotopic (exact) mass is 461 g/mol. The van der Waals surface area contributed by atoms with Crippen LogP contribution in [-0.4, -0.2) is 18.6 Å². The average Bonchev–Trinajstić information content (AvgIpc) is 3.07. The van der Waals surface area contributed by atoms with E-state index >= 15 is 0 Å². The molecule has 3 aromatic rings. The van der Waals surface area contributed by atoms with Gasteiger partial charge in [-0.3, -0.25) is 4.79 Å². The Labute approximate surface area is 184 Å². The number of rotatable bonds is 4. The quantitative estimate of drug-likeness (QED) is 0.529. The van der Waals surface area contributed by atoms with E-state index in [-0.39, 0.29) is 4.90 Å². The lowest BCUT2D eigenvalue weighted by Crippen LogP contribution is -2.35. The highest BCUT2D eigenvalue weighted by molar-refractivity contribution is 7.89. The molecule has 8 heteroatoms. The van der Waals surface area contributed by atoms with Crippen molar-refractivity contribution >= 4 is 39.1 Å². The third-order valence-electron chi connectivity index (χ3n) is 4.84. The van der Waals surface area contributed by atoms with Crippen molar-refractivity contribution in [2.24, 2.45) is 0 Å². The molecule has 0 N–H and O–H groups in total. The highest BCUT2D eigenvalue weighted by Gasteiger charge is 2.49. The first-order valence-electron chi connectivity index (χ1n) is 9.09. The van der Waals surface area contributed by atoms with E-state index in [0.29, 0.717) is 21.2 Å². The molecule has 1 unspecified atom stereocenters. The number of carbonyl (C=O) groups is 1. The predicted octanol–water partition coefficient (Wildman–Crippen LogP) is 5.29. The van der Waals surface area contributed by atoms with Crippen LogP contribution in [-0.2, 0) is 19.6 Å². The molecule has 154 valence electrons. The summed E-state index contributed by atoms with van der Waals surface area (Å²) in [4.78, 5) is 13.3. The van der Waals surface area contributed by atoms with Gasteiger partial charge < -0.3 is 4.74 Å². The van der Waals surface area contributed by atoms with Crippen LogP contribution in [0.5, 0.6) is 0 Å². The lowest BCUT2D eigenvalue weighted by atomic mass is 10.1. The van der Waals surface area contributed by atoms with Crippen LogP contribution in [0.3, 0.4) is 0 Å². The Balaban J connectivity index is 1.83. The Morgan fingerprint density at radius 2 is 1.53 bits per heavy atom. The molecule has 3 aromatic carbocycles. The Bertz CT molecular complexity index is 1190. The number of amides is 1. The molecule has 5 nitrogen and oxygen atoms in total. The van der Waals surface area contributed by atoms with Crippen molar-refractivity contribution < 1.29 is 17.9 Å². The van der Waals surface area contributed by atoms with Gasteiger partial charge in [0.1, 0.15) is 0 Å². The summed E-state index contributed by atoms with van der Waals surface area (Å²) in [7, 11) is -4.19. The van der Waals surface area contributed by atoms with Gasteiger partial charge in [0.05, 0.1) is 4.90 Å². The topological polar surface area (TPSA) is 63.7 Å². The fraction of sp³-hybridized carbons (Fsp3) is 0.136. The number of aryl methyl sites for hydroxylation is 1. The maximum Gasteiger partial charge on any atom is 0.272 e. The molecule has 1 amide bonds. The lowest BCUT2D eigenvalue weighted by molar-refractivity contribution is -0.127. The highest BCUT2D eigenvalue weighted by Crippen LogP contribution is 2.44. The zero-order valence-corrected chi connectivity index (χ0v) is 18.2. The largest absolute Gasteiger partial charge is 0.335 e. The first kappa shape index (κ1) is 20.9. The fourth-order valence-electron chi connectivity index (χ4n) is 3.28. The van der Waals surface area contributed by atoms with Gasteiger partial charge in [0.15, 0.2) is 12.3 Å². The van der Waals surface area contributed by atoms with E-state index in [1.54, 1.807) is 60.7 Å². The Morgan fingerprint density at radius 3 is 2.17 bits per heavy atom. The molecule has 30 heavy (non-hydrogen) atoms. The number of hydrogen-bond donors (Lipinski definition) is 0. The van der Waals surface area contributed by atoms with Crippen LogP contribution in [0.1, 0.15) is 29.0 Å². The van der Waals surface area contributed by atoms with Gasteiger partial charge in [-0.2, -0.15) is 0 Å². The summed E-state index contributed by atoms with van der Waals surface area (Å²) in [6, 6.07) is 19.5. The molecule has 2 atom stereocenters. The summed E-state index contributed by atoms with van der Waals surface area (Å²) in [6.45, 7) is 1.85. The molecule has 0 saturated carbocycles. The van der Waals surface area contributed by atoms with Crippen molar-refractivity contribution in [3.63, 3.8) is 0 Å². The number of sulfonamides is 1. The standard InChI is InChI=1S/C22H17Cl2NO4S/c1-14-6-12-17(13-7-14)30(27,28)25-21(26)20(15-8-10-16(23)11-9-15)29-22(25)18-4-2-3-5-19(18)24/h2-13,20,22H,1H3/t20-,22?/m1/s1. The van der Waals surface area contributed by atoms with Gasteiger partial charge in [0.25, 0.3) is 15.9 Å². The maximum absolute atomic E-state index is 13.4. The van der Waals surface area contributed by atoms with E-state index in [4.69, 9.17) is 27.9 Å². The second-order valence-corrected chi connectivity index (χ2v) is 9.55. The molecule has 0 radical (unpaired) electrons. The van der Waals surface area contributed by atoms with Gasteiger partial charge in [-0.15, -0.1) is 0 Å². The van der Waals surface area contributed by atoms with Crippen LogP contribution in [0.4, 0.5) is 0 Å². The second kappa shape index (κ2) is 8.04. The molecular weight excluding hydrogens is 445 g/mol. The van der Waals surface area contributed by atoms with Crippen LogP contribution >= 0.6 is 23.2 Å². The Hall–Kier alpha value is -2.38. The van der Waals surface area contributed by atoms with Crippen molar-refractivity contribution in [1.29, 1.82) is 0 Å². The summed E-state index contributed by atoms with van der Waals surface area (Å²) < 4.78 is 33.6. The molecule has 0 aromatic heterocycles. The summed E-state index contributed by atoms with van der Waals surface area (Å²) in [6.07, 6.45) is -2.30. The first-order valence-corrected chi connectivity index (χ1v) is 11.3. The lowest BCUT2D eigenvalue weighted by Gasteiger charge is -2.23. The molecular formula is C22H17Cl2NO4S. The van der Waals surface area contributed by atoms with Crippen LogP contribution in [0.25, 0.3) is 0 Å². The van der Waals surface area contributed by atoms with Crippen molar-refractivity contribution in [2.45, 2.75) is 24.2 Å². The van der Waals surface area contributed by atoms with Gasteiger partial charge >= 0.3 is 0 Å². The van der Waals surface area contributed by atoms with E-state index in [1.807, 2.05) is 6.92 Å². The van der Waals surface area contributed by atoms with Gasteiger partial charge in [-0.1, -0.05) is 71.2 Å². The average molecular weight is 462 g/mol. The smallest absolute Gasteiger partial charge is 0.272 e. The minimum absolute atomic E-state index is 0.00106. The summed E-state index contributed by atoms with van der Waals surface area (Å²) in [5, 5.41) is 0.798. The SMILES string of the molecule is Cc1ccc(S(=O)(=O)N2C(=O)[C@@H](c3ccc(Cl)cc3)OC2c2ccccc2Cl)cc1. The van der Waals surface area contributed by atoms with Crippen LogP contribution in [0.2, 0.25) is 10.0 Å². The van der Waals surface area contributed by atoms with Crippen LogP contribution in [0.15, 0.2) is 77.7 Å². The molecule has 1 fully saturated rings. The minimum atomic E-state index is -4.19. The molecule has 0 bridgehead atoms. The van der Waals surface area contributed by atoms with E-state index in [0.717, 1.165) is 9.87 Å². The summed E-state index contributed by atoms with van der Waals surface area (Å²) in [5.74, 6) is -0.692. The summed E-state index contributed by atoms with van der Waals surface area (Å²) >= 11 is 12.3. The third-order valence-corrected chi connectivity index (χ3v) is 7.19. The predicted molar refractivity (Wildman–Crippen MR) is 115 cm³/mol. The first-order chi connectivity index (χ1) is 14.3. The molecule has 1 aliphatic rings. The van der Waals surface area contributed by atoms with Crippen LogP contribution in [0, 0.1) is 6.92 Å². The molecule has 4 rings (SSSR count). The van der Waals surface area contributed by atoms with E-state index in [2.05, 4.69) is 0 Å². The van der Waals surface area contributed by atoms with Gasteiger partial charge in [-0.25, -0.2) is 12.7 Å². The minimum Gasteiger partial charge on any atom is -0.335 e. The Kier molecular flexibility index (Phi) is 5.59. The number of carbonyl (C=O) groups excluding carboxylic acids is 1. The normalized spacial score (nSPS) is 19.3. The third kappa shape index (κ3) is 3.72. The number of hydrogen-bond acceptors (Lipinski definition) is 4. The fourth-order valence-corrected chi connectivity index (χ4v) is 5.09. The summed E-state index contributed by atoms with van der Waals surface area (Å²) in [5.41, 5.74) is 1.79. The van der Waals surface area contributed by atoms with Crippen molar-refractivity contribution in [1.82, 2.24) is 4.31 Å². The number of halogens is 2. The molecule has 1 saturated heterocycles. The number of benzene rings is 3. The van der Waals surface area contributed by atoms with Gasteiger partial charge in [-0.05, 0) is 42.8 Å². The van der Waals surface area contributed by atoms with Crippen LogP contribution < -0.4 is 0 Å². The zero-order valence-electron chi connectivity index (χ0n) is 15.8. The van der Waals surface area contributed by atoms with Crippen molar-refractivity contribution in [3.8, 4) is 0 Å². The second-order valence-electron chi connectivity index (χ2n) is 6.89. The van der Waals surface area contributed by atoms with Gasteiger partial charge in [0, 0.05) is 15.6 Å². The van der Waals surface area contributed by atoms with E-state index < -0.39 is 28.3 Å². The van der Waals surface area contributed by atoms with E-state index in [1.165, 1.54) is 12.1 Å². The number of ether oxygens (including phenoxy) is 1. The highest BCUT2D eigenvalue weighted by atomic mass is 35.5. The number of nitrogens with zero attached hydrogens (tertiary/aromatic N) is 1. The van der Waals surface area contributed by atoms with Gasteiger partial charge in [0.2, 0.25) is 0 Å².